The molecule has 66 valence electrons. The highest BCUT2D eigenvalue weighted by atomic mass is 127. The minimum Gasteiger partial charge on any atom is -0.0646 e. The lowest BCUT2D eigenvalue weighted by Crippen LogP contribution is -3.34. The lowest BCUT2D eigenvalue weighted by atomic mass is 9.82. The van der Waals surface area contributed by atoms with Crippen molar-refractivity contribution in [1.29, 1.82) is 0 Å². The minimum absolute atomic E-state index is 0.328. The van der Waals surface area contributed by atoms with Gasteiger partial charge < -0.3 is 0 Å². The molecule has 0 atom stereocenters. The summed E-state index contributed by atoms with van der Waals surface area (Å²) >= 11 is 2.06. The van der Waals surface area contributed by atoms with Crippen LogP contribution in [0.5, 0.6) is 0 Å². The molecule has 0 bridgehead atoms. The molecule has 0 aliphatic heterocycles. The number of halogens is 1. The van der Waals surface area contributed by atoms with E-state index in [0.717, 1.165) is 0 Å². The third-order valence-corrected chi connectivity index (χ3v) is 3.30. The summed E-state index contributed by atoms with van der Waals surface area (Å²) in [4.78, 5) is 0. The van der Waals surface area contributed by atoms with Crippen LogP contribution in [0.25, 0.3) is 0 Å². The summed E-state index contributed by atoms with van der Waals surface area (Å²) in [5.41, 5.74) is 1.77. The summed E-state index contributed by atoms with van der Waals surface area (Å²) in [5, 5.41) is 0. The van der Waals surface area contributed by atoms with E-state index in [-0.39, 0.29) is 0 Å². The van der Waals surface area contributed by atoms with Crippen molar-refractivity contribution in [3.05, 3.63) is 33.4 Å². The van der Waals surface area contributed by atoms with Crippen LogP contribution < -0.4 is 22.6 Å². The maximum atomic E-state index is 2.29. The van der Waals surface area contributed by atoms with Crippen LogP contribution in [0.4, 0.5) is 0 Å². The van der Waals surface area contributed by atoms with Gasteiger partial charge >= 0.3 is 0 Å². The molecule has 1 heteroatoms. The molecule has 1 aromatic carbocycles. The molecule has 1 aromatic rings. The van der Waals surface area contributed by atoms with E-state index in [1.165, 1.54) is 15.6 Å². The van der Waals surface area contributed by atoms with Crippen LogP contribution in [0.15, 0.2) is 24.3 Å². The first-order valence-electron chi connectivity index (χ1n) is 4.34. The van der Waals surface area contributed by atoms with E-state index in [0.29, 0.717) is 5.41 Å². The first kappa shape index (κ1) is 10.0. The Hall–Kier alpha value is -0.0500. The predicted octanol–water partition coefficient (Wildman–Crippen LogP) is -0.171. The molecule has 0 saturated heterocycles. The molecule has 0 aliphatic carbocycles. The number of benzene rings is 1. The van der Waals surface area contributed by atoms with E-state index in [1.807, 2.05) is 0 Å². The second-order valence-electron chi connectivity index (χ2n) is 3.76. The average molecular weight is 275 g/mol. The van der Waals surface area contributed by atoms with E-state index in [1.54, 1.807) is 0 Å². The Kier molecular flexibility index (Phi) is 3.16. The van der Waals surface area contributed by atoms with Gasteiger partial charge in [0.1, 0.15) is 0 Å². The predicted molar refractivity (Wildman–Crippen MR) is 49.9 cm³/mol. The molecule has 0 aromatic heterocycles. The SMILES string of the molecule is CCC(C)(C)c1ccc([IH+])cc1. The van der Waals surface area contributed by atoms with E-state index in [2.05, 4.69) is 67.6 Å². The molecule has 0 N–H and O–H groups in total. The zero-order chi connectivity index (χ0) is 9.19. The smallest absolute Gasteiger partial charge is 0.0646 e. The van der Waals surface area contributed by atoms with E-state index in [4.69, 9.17) is 0 Å². The molecule has 0 spiro atoms. The molecule has 1 rings (SSSR count). The normalized spacial score (nSPS) is 11.7. The summed E-state index contributed by atoms with van der Waals surface area (Å²) in [6.07, 6.45) is 1.19. The van der Waals surface area contributed by atoms with Gasteiger partial charge in [0, 0.05) is 0 Å². The van der Waals surface area contributed by atoms with Gasteiger partial charge in [0.25, 0.3) is 22.6 Å². The van der Waals surface area contributed by atoms with Gasteiger partial charge in [-0.15, -0.1) is 0 Å². The van der Waals surface area contributed by atoms with Crippen molar-refractivity contribution in [3.63, 3.8) is 0 Å². The van der Waals surface area contributed by atoms with Crippen LogP contribution in [0.3, 0.4) is 0 Å². The Balaban J connectivity index is 2.96. The highest BCUT2D eigenvalue weighted by Crippen LogP contribution is 2.25. The molecule has 12 heavy (non-hydrogen) atoms. The van der Waals surface area contributed by atoms with E-state index in [9.17, 15) is 0 Å². The van der Waals surface area contributed by atoms with Crippen molar-refractivity contribution < 1.29 is 22.6 Å². The topological polar surface area (TPSA) is 0 Å². The summed E-state index contributed by atoms with van der Waals surface area (Å²) < 4.78 is 1.35. The molecule has 0 aliphatic rings. The number of hydrogen-bond acceptors (Lipinski definition) is 0. The van der Waals surface area contributed by atoms with Crippen LogP contribution in [0.2, 0.25) is 0 Å². The summed E-state index contributed by atoms with van der Waals surface area (Å²) in [6, 6.07) is 8.86. The van der Waals surface area contributed by atoms with Crippen molar-refractivity contribution in [3.8, 4) is 0 Å². The van der Waals surface area contributed by atoms with Crippen LogP contribution in [0, 0.1) is 3.57 Å². The van der Waals surface area contributed by atoms with Crippen LogP contribution in [-0.4, -0.2) is 0 Å². The van der Waals surface area contributed by atoms with Gasteiger partial charge in [0.05, 0.1) is 0 Å². The maximum absolute atomic E-state index is 2.29. The van der Waals surface area contributed by atoms with Crippen molar-refractivity contribution >= 4 is 0 Å². The van der Waals surface area contributed by atoms with Crippen molar-refractivity contribution in [2.45, 2.75) is 32.6 Å². The zero-order valence-corrected chi connectivity index (χ0v) is 10.3. The van der Waals surface area contributed by atoms with Crippen molar-refractivity contribution in [2.24, 2.45) is 0 Å². The van der Waals surface area contributed by atoms with Gasteiger partial charge in [-0.3, -0.25) is 0 Å². The molecule has 0 saturated carbocycles. The van der Waals surface area contributed by atoms with Crippen molar-refractivity contribution in [2.75, 3.05) is 0 Å². The fourth-order valence-corrected chi connectivity index (χ4v) is 1.50. The summed E-state index contributed by atoms with van der Waals surface area (Å²) in [7, 11) is 0. The average Bonchev–Trinajstić information content (AvgIpc) is 2.05. The molecular weight excluding hydrogens is 259 g/mol. The van der Waals surface area contributed by atoms with Gasteiger partial charge in [0.15, 0.2) is 3.57 Å². The number of hydrogen-bond donors (Lipinski definition) is 0. The Morgan fingerprint density at radius 2 is 1.67 bits per heavy atom. The Morgan fingerprint density at radius 1 is 1.17 bits per heavy atom. The van der Waals surface area contributed by atoms with Crippen LogP contribution >= 0.6 is 0 Å². The van der Waals surface area contributed by atoms with Gasteiger partial charge in [-0.1, -0.05) is 32.9 Å². The summed E-state index contributed by atoms with van der Waals surface area (Å²) in [5.74, 6) is 0. The molecule has 0 radical (unpaired) electrons. The molecule has 0 nitrogen and oxygen atoms in total. The van der Waals surface area contributed by atoms with Gasteiger partial charge in [-0.05, 0) is 29.5 Å². The second-order valence-corrected chi connectivity index (χ2v) is 5.11. The van der Waals surface area contributed by atoms with Gasteiger partial charge in [-0.25, -0.2) is 0 Å². The Bertz CT molecular complexity index is 246. The highest BCUT2D eigenvalue weighted by molar-refractivity contribution is 5.22. The van der Waals surface area contributed by atoms with Crippen LogP contribution in [-0.2, 0) is 5.41 Å². The summed E-state index contributed by atoms with van der Waals surface area (Å²) in [6.45, 7) is 6.82. The lowest BCUT2D eigenvalue weighted by molar-refractivity contribution is -0.328. The molecular formula is C11H16I+. The Morgan fingerprint density at radius 3 is 2.08 bits per heavy atom. The number of rotatable bonds is 2. The fraction of sp³-hybridized carbons (Fsp3) is 0.455. The standard InChI is InChI=1S/C11H16I/c1-4-11(2,3)9-5-7-10(12)8-6-9/h5-8,12H,4H2,1-3H3/q+1. The fourth-order valence-electron chi connectivity index (χ4n) is 1.11. The monoisotopic (exact) mass is 275 g/mol. The molecule has 0 amide bonds. The van der Waals surface area contributed by atoms with Crippen molar-refractivity contribution in [1.82, 2.24) is 0 Å². The molecule has 0 fully saturated rings. The maximum Gasteiger partial charge on any atom is 0.296 e. The van der Waals surface area contributed by atoms with E-state index < -0.39 is 0 Å². The first-order chi connectivity index (χ1) is 5.56. The zero-order valence-electron chi connectivity index (χ0n) is 7.92. The second kappa shape index (κ2) is 3.77. The largest absolute Gasteiger partial charge is 0.296 e. The molecule has 0 heterocycles. The van der Waals surface area contributed by atoms with Crippen LogP contribution in [0.1, 0.15) is 32.8 Å². The third kappa shape index (κ3) is 2.22. The van der Waals surface area contributed by atoms with E-state index >= 15 is 0 Å². The highest BCUT2D eigenvalue weighted by Gasteiger charge is 2.17. The first-order valence-corrected chi connectivity index (χ1v) is 5.50. The quantitative estimate of drug-likeness (QED) is 0.657. The third-order valence-electron chi connectivity index (χ3n) is 2.52. The van der Waals surface area contributed by atoms with Gasteiger partial charge in [0.2, 0.25) is 0 Å². The minimum atomic E-state index is 0.328. The Labute approximate surface area is 88.5 Å². The lowest BCUT2D eigenvalue weighted by Gasteiger charge is -2.22. The van der Waals surface area contributed by atoms with Gasteiger partial charge in [-0.2, -0.15) is 0 Å². The molecule has 0 unspecified atom stereocenters.